The fourth-order valence-corrected chi connectivity index (χ4v) is 1.62. The molecule has 0 saturated heterocycles. The Bertz CT molecular complexity index is 102. The molecule has 0 spiro atoms. The lowest BCUT2D eigenvalue weighted by Crippen LogP contribution is -2.04. The molecule has 0 bridgehead atoms. The first-order valence-corrected chi connectivity index (χ1v) is 3.78. The fraction of sp³-hybridized carbons (Fsp3) is 0.667. The molecule has 0 aromatic heterocycles. The number of aliphatic hydroxyl groups is 1. The van der Waals surface area contributed by atoms with Gasteiger partial charge in [-0.2, -0.15) is 0 Å². The van der Waals surface area contributed by atoms with Gasteiger partial charge in [0.05, 0.1) is 6.61 Å². The predicted octanol–water partition coefficient (Wildman–Crippen LogP) is 0.623. The van der Waals surface area contributed by atoms with Crippen molar-refractivity contribution in [1.82, 2.24) is 0 Å². The van der Waals surface area contributed by atoms with Crippen LogP contribution in [-0.2, 0) is 4.74 Å². The third-order valence-corrected chi connectivity index (χ3v) is 2.48. The summed E-state index contributed by atoms with van der Waals surface area (Å²) in [5.41, 5.74) is 0.155. The quantitative estimate of drug-likeness (QED) is 0.579. The summed E-state index contributed by atoms with van der Waals surface area (Å²) in [6, 6.07) is 0. The number of ether oxygens (including phenoxy) is 1. The monoisotopic (exact) mass is 146 g/mol. The summed E-state index contributed by atoms with van der Waals surface area (Å²) in [5.74, 6) is 0. The molecule has 2 nitrogen and oxygen atoms in total. The van der Waals surface area contributed by atoms with Crippen molar-refractivity contribution in [2.45, 2.75) is 10.7 Å². The van der Waals surface area contributed by atoms with Gasteiger partial charge >= 0.3 is 0 Å². The van der Waals surface area contributed by atoms with E-state index in [-0.39, 0.29) is 17.3 Å². The normalized spacial score (nSPS) is 33.6. The predicted molar refractivity (Wildman–Crippen MR) is 38.4 cm³/mol. The molecule has 3 heteroatoms. The molecule has 0 aliphatic carbocycles. The second-order valence-electron chi connectivity index (χ2n) is 1.85. The molecule has 0 aromatic rings. The van der Waals surface area contributed by atoms with E-state index in [9.17, 15) is 0 Å². The van der Waals surface area contributed by atoms with Crippen molar-refractivity contribution in [2.24, 2.45) is 0 Å². The lowest BCUT2D eigenvalue weighted by Gasteiger charge is -2.06. The van der Waals surface area contributed by atoms with E-state index in [1.54, 1.807) is 18.9 Å². The standard InChI is InChI=1S/C6H10O2S/c1-8-6-3-2-5(4-7)9-6/h2-3,5-7H,4H2,1H3. The molecular weight excluding hydrogens is 136 g/mol. The van der Waals surface area contributed by atoms with Crippen LogP contribution in [0.1, 0.15) is 0 Å². The molecule has 1 aliphatic heterocycles. The molecule has 1 rings (SSSR count). The van der Waals surface area contributed by atoms with Crippen molar-refractivity contribution in [3.05, 3.63) is 12.2 Å². The molecule has 1 heterocycles. The van der Waals surface area contributed by atoms with E-state index in [1.807, 2.05) is 12.2 Å². The molecule has 2 unspecified atom stereocenters. The van der Waals surface area contributed by atoms with Crippen molar-refractivity contribution in [3.8, 4) is 0 Å². The van der Waals surface area contributed by atoms with Crippen LogP contribution >= 0.6 is 11.8 Å². The van der Waals surface area contributed by atoms with Crippen LogP contribution in [0.4, 0.5) is 0 Å². The van der Waals surface area contributed by atoms with Crippen molar-refractivity contribution >= 4 is 11.8 Å². The second-order valence-corrected chi connectivity index (χ2v) is 3.19. The highest BCUT2D eigenvalue weighted by molar-refractivity contribution is 8.01. The van der Waals surface area contributed by atoms with Crippen LogP contribution in [0, 0.1) is 0 Å². The maximum absolute atomic E-state index is 8.65. The third kappa shape index (κ3) is 1.71. The van der Waals surface area contributed by atoms with Crippen LogP contribution in [0.25, 0.3) is 0 Å². The summed E-state index contributed by atoms with van der Waals surface area (Å²) in [6.07, 6.45) is 3.93. The molecule has 52 valence electrons. The van der Waals surface area contributed by atoms with E-state index in [0.29, 0.717) is 0 Å². The smallest absolute Gasteiger partial charge is 0.121 e. The van der Waals surface area contributed by atoms with Gasteiger partial charge in [0, 0.05) is 12.4 Å². The van der Waals surface area contributed by atoms with Crippen LogP contribution in [0.3, 0.4) is 0 Å². The van der Waals surface area contributed by atoms with Gasteiger partial charge in [-0.1, -0.05) is 6.08 Å². The minimum absolute atomic E-state index is 0.155. The zero-order valence-corrected chi connectivity index (χ0v) is 6.10. The molecule has 0 saturated carbocycles. The fourth-order valence-electron chi connectivity index (χ4n) is 0.716. The first-order chi connectivity index (χ1) is 4.36. The number of aliphatic hydroxyl groups excluding tert-OH is 1. The molecule has 1 aliphatic rings. The Kier molecular flexibility index (Phi) is 2.57. The van der Waals surface area contributed by atoms with E-state index in [4.69, 9.17) is 9.84 Å². The summed E-state index contributed by atoms with van der Waals surface area (Å²) in [4.78, 5) is 0. The second kappa shape index (κ2) is 3.25. The van der Waals surface area contributed by atoms with E-state index in [1.165, 1.54) is 0 Å². The van der Waals surface area contributed by atoms with E-state index >= 15 is 0 Å². The minimum Gasteiger partial charge on any atom is -0.395 e. The highest BCUT2D eigenvalue weighted by Gasteiger charge is 2.16. The molecule has 1 N–H and O–H groups in total. The molecule has 9 heavy (non-hydrogen) atoms. The lowest BCUT2D eigenvalue weighted by molar-refractivity contribution is 0.208. The van der Waals surface area contributed by atoms with Crippen molar-refractivity contribution in [2.75, 3.05) is 13.7 Å². The van der Waals surface area contributed by atoms with Crippen LogP contribution < -0.4 is 0 Å². The molecule has 2 atom stereocenters. The highest BCUT2D eigenvalue weighted by Crippen LogP contribution is 2.26. The molecule has 0 fully saturated rings. The summed E-state index contributed by atoms with van der Waals surface area (Å²) in [6.45, 7) is 0.209. The van der Waals surface area contributed by atoms with Crippen molar-refractivity contribution < 1.29 is 9.84 Å². The van der Waals surface area contributed by atoms with Crippen LogP contribution in [-0.4, -0.2) is 29.5 Å². The Morgan fingerprint density at radius 2 is 2.44 bits per heavy atom. The molecule has 0 amide bonds. The van der Waals surface area contributed by atoms with Gasteiger partial charge in [0.2, 0.25) is 0 Å². The van der Waals surface area contributed by atoms with Crippen LogP contribution in [0.2, 0.25) is 0 Å². The average Bonchev–Trinajstić information content (AvgIpc) is 2.34. The van der Waals surface area contributed by atoms with Gasteiger partial charge in [-0.25, -0.2) is 0 Å². The average molecular weight is 146 g/mol. The van der Waals surface area contributed by atoms with Crippen molar-refractivity contribution in [3.63, 3.8) is 0 Å². The van der Waals surface area contributed by atoms with E-state index in [0.717, 1.165) is 0 Å². The number of methoxy groups -OCH3 is 1. The van der Waals surface area contributed by atoms with Crippen LogP contribution in [0.5, 0.6) is 0 Å². The highest BCUT2D eigenvalue weighted by atomic mass is 32.2. The molecular formula is C6H10O2S. The minimum atomic E-state index is 0.155. The summed E-state index contributed by atoms with van der Waals surface area (Å²) < 4.78 is 5.01. The van der Waals surface area contributed by atoms with Gasteiger partial charge in [0.1, 0.15) is 5.44 Å². The van der Waals surface area contributed by atoms with E-state index < -0.39 is 0 Å². The van der Waals surface area contributed by atoms with Gasteiger partial charge in [-0.05, 0) is 6.08 Å². The Morgan fingerprint density at radius 1 is 1.67 bits per heavy atom. The Morgan fingerprint density at radius 3 is 2.78 bits per heavy atom. The Balaban J connectivity index is 2.31. The number of rotatable bonds is 2. The Hall–Kier alpha value is 0.01000. The number of thioether (sulfide) groups is 1. The molecule has 0 radical (unpaired) electrons. The molecule has 0 aromatic carbocycles. The zero-order chi connectivity index (χ0) is 6.69. The van der Waals surface area contributed by atoms with Crippen LogP contribution in [0.15, 0.2) is 12.2 Å². The summed E-state index contributed by atoms with van der Waals surface area (Å²) in [5, 5.41) is 8.90. The maximum atomic E-state index is 8.65. The SMILES string of the molecule is COC1C=CC(CO)S1. The van der Waals surface area contributed by atoms with Gasteiger partial charge in [-0.15, -0.1) is 11.8 Å². The Labute approximate surface area is 58.9 Å². The van der Waals surface area contributed by atoms with Gasteiger partial charge < -0.3 is 9.84 Å². The largest absolute Gasteiger partial charge is 0.395 e. The number of hydrogen-bond donors (Lipinski definition) is 1. The maximum Gasteiger partial charge on any atom is 0.121 e. The van der Waals surface area contributed by atoms with Crippen molar-refractivity contribution in [1.29, 1.82) is 0 Å². The first-order valence-electron chi connectivity index (χ1n) is 2.84. The van der Waals surface area contributed by atoms with Gasteiger partial charge in [0.15, 0.2) is 0 Å². The zero-order valence-electron chi connectivity index (χ0n) is 5.28. The third-order valence-electron chi connectivity index (χ3n) is 1.20. The van der Waals surface area contributed by atoms with Gasteiger partial charge in [-0.3, -0.25) is 0 Å². The van der Waals surface area contributed by atoms with Gasteiger partial charge in [0.25, 0.3) is 0 Å². The first kappa shape index (κ1) is 7.12. The lowest BCUT2D eigenvalue weighted by atomic mass is 10.4. The van der Waals surface area contributed by atoms with E-state index in [2.05, 4.69) is 0 Å². The summed E-state index contributed by atoms with van der Waals surface area (Å²) >= 11 is 1.63. The summed E-state index contributed by atoms with van der Waals surface area (Å²) in [7, 11) is 1.67. The topological polar surface area (TPSA) is 29.5 Å². The number of hydrogen-bond acceptors (Lipinski definition) is 3.